The summed E-state index contributed by atoms with van der Waals surface area (Å²) in [5.41, 5.74) is 0.214. The van der Waals surface area contributed by atoms with Gasteiger partial charge in [0.25, 0.3) is 0 Å². The second-order valence-corrected chi connectivity index (χ2v) is 7.31. The molecule has 0 saturated carbocycles. The lowest BCUT2D eigenvalue weighted by molar-refractivity contribution is 0.370. The topological polar surface area (TPSA) is 61.4 Å². The van der Waals surface area contributed by atoms with Crippen LogP contribution in [0.5, 0.6) is 0 Å². The molecule has 0 radical (unpaired) electrons. The molecule has 120 valence electrons. The van der Waals surface area contributed by atoms with E-state index in [2.05, 4.69) is 10.0 Å². The van der Waals surface area contributed by atoms with Crippen LogP contribution < -0.4 is 10.0 Å². The fourth-order valence-electron chi connectivity index (χ4n) is 2.05. The molecule has 5 nitrogen and oxygen atoms in total. The fraction of sp³-hybridized carbons (Fsp3) is 0.538. The Morgan fingerprint density at radius 3 is 2.52 bits per heavy atom. The lowest BCUT2D eigenvalue weighted by Gasteiger charge is -2.19. The molecule has 0 aliphatic heterocycles. The van der Waals surface area contributed by atoms with Crippen LogP contribution in [0.3, 0.4) is 0 Å². The molecule has 0 amide bonds. The van der Waals surface area contributed by atoms with Crippen molar-refractivity contribution in [3.05, 3.63) is 28.5 Å². The molecule has 0 aromatic heterocycles. The van der Waals surface area contributed by atoms with E-state index in [4.69, 9.17) is 11.6 Å². The summed E-state index contributed by atoms with van der Waals surface area (Å²) in [6, 6.07) is 2.19. The zero-order chi connectivity index (χ0) is 16.2. The van der Waals surface area contributed by atoms with Crippen LogP contribution >= 0.6 is 11.6 Å². The van der Waals surface area contributed by atoms with Gasteiger partial charge in [-0.3, -0.25) is 0 Å². The molecule has 0 aliphatic carbocycles. The molecule has 0 bridgehead atoms. The lowest BCUT2D eigenvalue weighted by atomic mass is 10.2. The first-order valence-corrected chi connectivity index (χ1v) is 8.33. The lowest BCUT2D eigenvalue weighted by Crippen LogP contribution is -2.39. The van der Waals surface area contributed by atoms with Crippen molar-refractivity contribution >= 4 is 21.6 Å². The number of benzene rings is 1. The van der Waals surface area contributed by atoms with Crippen LogP contribution in [-0.4, -0.2) is 47.0 Å². The van der Waals surface area contributed by atoms with E-state index >= 15 is 0 Å². The Morgan fingerprint density at radius 2 is 2.00 bits per heavy atom. The number of halogens is 2. The van der Waals surface area contributed by atoms with Crippen LogP contribution in [0.2, 0.25) is 5.02 Å². The van der Waals surface area contributed by atoms with Crippen molar-refractivity contribution in [3.8, 4) is 0 Å². The van der Waals surface area contributed by atoms with Gasteiger partial charge >= 0.3 is 0 Å². The minimum Gasteiger partial charge on any atom is -0.316 e. The minimum atomic E-state index is -3.96. The van der Waals surface area contributed by atoms with Crippen LogP contribution in [0, 0.1) is 5.82 Å². The first-order valence-electron chi connectivity index (χ1n) is 6.47. The molecule has 0 fully saturated rings. The first kappa shape index (κ1) is 18.3. The molecule has 0 spiro atoms. The summed E-state index contributed by atoms with van der Waals surface area (Å²) in [4.78, 5) is 1.42. The van der Waals surface area contributed by atoms with Gasteiger partial charge in [-0.15, -0.1) is 0 Å². The van der Waals surface area contributed by atoms with Crippen LogP contribution in [0.15, 0.2) is 17.0 Å². The summed E-state index contributed by atoms with van der Waals surface area (Å²) in [5.74, 6) is -0.779. The Kier molecular flexibility index (Phi) is 6.55. The number of nitrogens with zero attached hydrogens (tertiary/aromatic N) is 1. The van der Waals surface area contributed by atoms with Crippen molar-refractivity contribution in [1.82, 2.24) is 14.9 Å². The van der Waals surface area contributed by atoms with Crippen molar-refractivity contribution < 1.29 is 12.8 Å². The van der Waals surface area contributed by atoms with E-state index in [1.165, 1.54) is 6.07 Å². The predicted molar refractivity (Wildman–Crippen MR) is 82.5 cm³/mol. The van der Waals surface area contributed by atoms with E-state index in [0.29, 0.717) is 6.54 Å². The SMILES string of the molecule is CNCc1cc(Cl)cc(S(=O)(=O)NC(C)CN(C)C)c1F. The van der Waals surface area contributed by atoms with Gasteiger partial charge in [0.1, 0.15) is 10.7 Å². The zero-order valence-corrected chi connectivity index (χ0v) is 14.1. The van der Waals surface area contributed by atoms with Crippen LogP contribution in [0.25, 0.3) is 0 Å². The van der Waals surface area contributed by atoms with Crippen molar-refractivity contribution in [1.29, 1.82) is 0 Å². The van der Waals surface area contributed by atoms with Crippen molar-refractivity contribution in [2.75, 3.05) is 27.7 Å². The summed E-state index contributed by atoms with van der Waals surface area (Å²) < 4.78 is 41.4. The van der Waals surface area contributed by atoms with Crippen molar-refractivity contribution in [2.24, 2.45) is 0 Å². The number of hydrogen-bond donors (Lipinski definition) is 2. The van der Waals surface area contributed by atoms with E-state index < -0.39 is 20.7 Å². The Hall–Kier alpha value is -0.730. The Labute approximate surface area is 130 Å². The molecule has 1 atom stereocenters. The molecule has 21 heavy (non-hydrogen) atoms. The number of rotatable bonds is 7. The van der Waals surface area contributed by atoms with Crippen LogP contribution in [0.4, 0.5) is 4.39 Å². The minimum absolute atomic E-state index is 0.183. The fourth-order valence-corrected chi connectivity index (χ4v) is 3.73. The standard InChI is InChI=1S/C13H21ClFN3O2S/c1-9(8-18(3)4)17-21(19,20)12-6-11(14)5-10(7-16-2)13(12)15/h5-6,9,16-17H,7-8H2,1-4H3. The molecule has 0 aliphatic rings. The van der Waals surface area contributed by atoms with Gasteiger partial charge in [-0.2, -0.15) is 0 Å². The Bertz CT molecular complexity index is 593. The zero-order valence-electron chi connectivity index (χ0n) is 12.6. The third-order valence-electron chi connectivity index (χ3n) is 2.73. The monoisotopic (exact) mass is 337 g/mol. The molecule has 0 heterocycles. The highest BCUT2D eigenvalue weighted by atomic mass is 35.5. The average molecular weight is 338 g/mol. The average Bonchev–Trinajstić information content (AvgIpc) is 2.31. The number of hydrogen-bond acceptors (Lipinski definition) is 4. The molecule has 1 aromatic rings. The number of likely N-dealkylation sites (N-methyl/N-ethyl adjacent to an activating group) is 1. The highest BCUT2D eigenvalue weighted by Crippen LogP contribution is 2.24. The maximum Gasteiger partial charge on any atom is 0.243 e. The predicted octanol–water partition coefficient (Wildman–Crippen LogP) is 1.43. The maximum absolute atomic E-state index is 14.3. The van der Waals surface area contributed by atoms with E-state index in [1.54, 1.807) is 14.0 Å². The van der Waals surface area contributed by atoms with Gasteiger partial charge in [-0.25, -0.2) is 17.5 Å². The normalized spacial score (nSPS) is 13.7. The quantitative estimate of drug-likeness (QED) is 0.790. The summed E-state index contributed by atoms with van der Waals surface area (Å²) in [6.07, 6.45) is 0. The number of nitrogens with one attached hydrogen (secondary N) is 2. The van der Waals surface area contributed by atoms with Gasteiger partial charge < -0.3 is 10.2 Å². The number of sulfonamides is 1. The van der Waals surface area contributed by atoms with Crippen LogP contribution in [-0.2, 0) is 16.6 Å². The maximum atomic E-state index is 14.3. The highest BCUT2D eigenvalue weighted by Gasteiger charge is 2.24. The summed E-state index contributed by atoms with van der Waals surface area (Å²) in [6.45, 7) is 2.42. The van der Waals surface area contributed by atoms with E-state index in [0.717, 1.165) is 6.07 Å². The summed E-state index contributed by atoms with van der Waals surface area (Å²) in [5, 5.41) is 2.96. The molecule has 8 heteroatoms. The highest BCUT2D eigenvalue weighted by molar-refractivity contribution is 7.89. The largest absolute Gasteiger partial charge is 0.316 e. The molecule has 1 aromatic carbocycles. The first-order chi connectivity index (χ1) is 9.67. The third-order valence-corrected chi connectivity index (χ3v) is 4.54. The van der Waals surface area contributed by atoms with Gasteiger partial charge in [0.2, 0.25) is 10.0 Å². The van der Waals surface area contributed by atoms with E-state index in [9.17, 15) is 12.8 Å². The van der Waals surface area contributed by atoms with Crippen molar-refractivity contribution in [2.45, 2.75) is 24.4 Å². The molecular weight excluding hydrogens is 317 g/mol. The van der Waals surface area contributed by atoms with Crippen LogP contribution in [0.1, 0.15) is 12.5 Å². The van der Waals surface area contributed by atoms with Gasteiger partial charge in [-0.05, 0) is 40.2 Å². The third kappa shape index (κ3) is 5.19. The molecule has 2 N–H and O–H groups in total. The van der Waals surface area contributed by atoms with Gasteiger partial charge in [-0.1, -0.05) is 11.6 Å². The second-order valence-electron chi connectivity index (χ2n) is 5.19. The second kappa shape index (κ2) is 7.51. The Morgan fingerprint density at radius 1 is 1.38 bits per heavy atom. The van der Waals surface area contributed by atoms with Gasteiger partial charge in [0.15, 0.2) is 0 Å². The summed E-state index contributed by atoms with van der Waals surface area (Å²) in [7, 11) is 1.34. The van der Waals surface area contributed by atoms with Gasteiger partial charge in [0.05, 0.1) is 0 Å². The molecule has 1 unspecified atom stereocenters. The van der Waals surface area contributed by atoms with E-state index in [-0.39, 0.29) is 23.2 Å². The molecule has 1 rings (SSSR count). The smallest absolute Gasteiger partial charge is 0.243 e. The molecular formula is C13H21ClFN3O2S. The molecule has 0 saturated heterocycles. The van der Waals surface area contributed by atoms with Crippen molar-refractivity contribution in [3.63, 3.8) is 0 Å². The van der Waals surface area contributed by atoms with E-state index in [1.807, 2.05) is 19.0 Å². The summed E-state index contributed by atoms with van der Waals surface area (Å²) >= 11 is 5.89. The Balaban J connectivity index is 3.13. The van der Waals surface area contributed by atoms with Gasteiger partial charge in [0, 0.05) is 29.7 Å².